The van der Waals surface area contributed by atoms with Gasteiger partial charge in [0.15, 0.2) is 0 Å². The van der Waals surface area contributed by atoms with E-state index in [1.54, 1.807) is 0 Å². The number of hydrogen-bond donors (Lipinski definition) is 1. The highest BCUT2D eigenvalue weighted by Gasteiger charge is 2.22. The summed E-state index contributed by atoms with van der Waals surface area (Å²) in [5.74, 6) is 1.76. The Labute approximate surface area is 97.4 Å². The Bertz CT molecular complexity index is 345. The van der Waals surface area contributed by atoms with Gasteiger partial charge < -0.3 is 15.2 Å². The van der Waals surface area contributed by atoms with E-state index in [0.29, 0.717) is 5.92 Å². The summed E-state index contributed by atoms with van der Waals surface area (Å²) in [5, 5.41) is 0. The first-order chi connectivity index (χ1) is 7.74. The fourth-order valence-electron chi connectivity index (χ4n) is 2.46. The van der Waals surface area contributed by atoms with Crippen LogP contribution in [0.4, 0.5) is 5.95 Å². The van der Waals surface area contributed by atoms with Crippen molar-refractivity contribution >= 4 is 5.95 Å². The van der Waals surface area contributed by atoms with Crippen LogP contribution in [0.2, 0.25) is 0 Å². The number of rotatable bonds is 3. The smallest absolute Gasteiger partial charge is 0.205 e. The van der Waals surface area contributed by atoms with Gasteiger partial charge in [0.05, 0.1) is 5.69 Å². The summed E-state index contributed by atoms with van der Waals surface area (Å²) in [6.07, 6.45) is 4.62. The summed E-state index contributed by atoms with van der Waals surface area (Å²) in [5.41, 5.74) is 6.87. The third-order valence-electron chi connectivity index (χ3n) is 3.35. The number of hydrogen-bond acceptors (Lipinski definition) is 3. The summed E-state index contributed by atoms with van der Waals surface area (Å²) in [4.78, 5) is 7.01. The van der Waals surface area contributed by atoms with Crippen molar-refractivity contribution in [2.75, 3.05) is 24.5 Å². The Hall–Kier alpha value is -1.03. The molecule has 1 unspecified atom stereocenters. The van der Waals surface area contributed by atoms with Gasteiger partial charge in [-0.2, -0.15) is 0 Å². The van der Waals surface area contributed by atoms with E-state index in [0.717, 1.165) is 37.8 Å². The standard InChI is InChI=1S/C12H22N4/c1-3-15-8-10(2)14-12(15)16-6-4-5-11(7-13)9-16/h8,11H,3-7,9,13H2,1-2H3. The fraction of sp³-hybridized carbons (Fsp3) is 0.750. The predicted molar refractivity (Wildman–Crippen MR) is 66.6 cm³/mol. The van der Waals surface area contributed by atoms with Crippen LogP contribution in [0.3, 0.4) is 0 Å². The van der Waals surface area contributed by atoms with Crippen molar-refractivity contribution in [2.24, 2.45) is 11.7 Å². The highest BCUT2D eigenvalue weighted by Crippen LogP contribution is 2.22. The molecule has 0 saturated carbocycles. The SMILES string of the molecule is CCn1cc(C)nc1N1CCCC(CN)C1. The Morgan fingerprint density at radius 2 is 2.38 bits per heavy atom. The molecule has 0 aliphatic carbocycles. The first-order valence-corrected chi connectivity index (χ1v) is 6.23. The lowest BCUT2D eigenvalue weighted by molar-refractivity contribution is 0.416. The molecule has 90 valence electrons. The third-order valence-corrected chi connectivity index (χ3v) is 3.35. The molecule has 1 aliphatic heterocycles. The molecule has 1 aliphatic rings. The van der Waals surface area contributed by atoms with Crippen LogP contribution in [0.15, 0.2) is 6.20 Å². The molecule has 1 saturated heterocycles. The van der Waals surface area contributed by atoms with Crippen LogP contribution in [-0.2, 0) is 6.54 Å². The van der Waals surface area contributed by atoms with Crippen molar-refractivity contribution in [3.8, 4) is 0 Å². The van der Waals surface area contributed by atoms with Crippen LogP contribution in [0.1, 0.15) is 25.5 Å². The summed E-state index contributed by atoms with van der Waals surface area (Å²) < 4.78 is 2.23. The molecule has 4 nitrogen and oxygen atoms in total. The summed E-state index contributed by atoms with van der Waals surface area (Å²) in [7, 11) is 0. The van der Waals surface area contributed by atoms with Crippen LogP contribution in [0, 0.1) is 12.8 Å². The van der Waals surface area contributed by atoms with E-state index >= 15 is 0 Å². The predicted octanol–water partition coefficient (Wildman–Crippen LogP) is 1.39. The molecule has 1 aromatic heterocycles. The number of anilines is 1. The fourth-order valence-corrected chi connectivity index (χ4v) is 2.46. The van der Waals surface area contributed by atoms with E-state index in [2.05, 4.69) is 34.5 Å². The summed E-state index contributed by atoms with van der Waals surface area (Å²) >= 11 is 0. The molecular formula is C12H22N4. The Morgan fingerprint density at radius 1 is 1.56 bits per heavy atom. The largest absolute Gasteiger partial charge is 0.342 e. The average molecular weight is 222 g/mol. The highest BCUT2D eigenvalue weighted by atomic mass is 15.3. The Morgan fingerprint density at radius 3 is 3.06 bits per heavy atom. The van der Waals surface area contributed by atoms with Gasteiger partial charge in [-0.3, -0.25) is 0 Å². The molecule has 4 heteroatoms. The van der Waals surface area contributed by atoms with Crippen LogP contribution < -0.4 is 10.6 Å². The second kappa shape index (κ2) is 4.87. The zero-order valence-corrected chi connectivity index (χ0v) is 10.3. The topological polar surface area (TPSA) is 47.1 Å². The maximum atomic E-state index is 5.77. The van der Waals surface area contributed by atoms with E-state index < -0.39 is 0 Å². The second-order valence-electron chi connectivity index (χ2n) is 4.66. The molecular weight excluding hydrogens is 200 g/mol. The maximum absolute atomic E-state index is 5.77. The highest BCUT2D eigenvalue weighted by molar-refractivity contribution is 5.34. The first kappa shape index (κ1) is 11.5. The van der Waals surface area contributed by atoms with Gasteiger partial charge in [0, 0.05) is 25.8 Å². The minimum absolute atomic E-state index is 0.635. The number of aromatic nitrogens is 2. The van der Waals surface area contributed by atoms with E-state index in [9.17, 15) is 0 Å². The monoisotopic (exact) mass is 222 g/mol. The lowest BCUT2D eigenvalue weighted by Crippen LogP contribution is -2.39. The van der Waals surface area contributed by atoms with Gasteiger partial charge in [-0.25, -0.2) is 4.98 Å². The molecule has 1 atom stereocenters. The molecule has 0 bridgehead atoms. The van der Waals surface area contributed by atoms with Gasteiger partial charge >= 0.3 is 0 Å². The third kappa shape index (κ3) is 2.21. The molecule has 1 aromatic rings. The number of imidazole rings is 1. The van der Waals surface area contributed by atoms with E-state index in [1.807, 2.05) is 0 Å². The minimum atomic E-state index is 0.635. The number of nitrogens with zero attached hydrogens (tertiary/aromatic N) is 3. The van der Waals surface area contributed by atoms with Crippen molar-refractivity contribution in [3.63, 3.8) is 0 Å². The van der Waals surface area contributed by atoms with E-state index in [-0.39, 0.29) is 0 Å². The molecule has 0 radical (unpaired) electrons. The van der Waals surface area contributed by atoms with Crippen LogP contribution in [0.5, 0.6) is 0 Å². The van der Waals surface area contributed by atoms with Crippen LogP contribution in [0.25, 0.3) is 0 Å². The second-order valence-corrected chi connectivity index (χ2v) is 4.66. The Balaban J connectivity index is 2.15. The summed E-state index contributed by atoms with van der Waals surface area (Å²) in [6.45, 7) is 8.18. The molecule has 2 N–H and O–H groups in total. The number of aryl methyl sites for hydroxylation is 2. The van der Waals surface area contributed by atoms with Gasteiger partial charge in [-0.05, 0) is 39.2 Å². The van der Waals surface area contributed by atoms with Crippen molar-refractivity contribution in [1.82, 2.24) is 9.55 Å². The molecule has 0 spiro atoms. The first-order valence-electron chi connectivity index (χ1n) is 6.23. The van der Waals surface area contributed by atoms with Crippen molar-refractivity contribution in [1.29, 1.82) is 0 Å². The summed E-state index contributed by atoms with van der Waals surface area (Å²) in [6, 6.07) is 0. The molecule has 2 rings (SSSR count). The average Bonchev–Trinajstić information content (AvgIpc) is 2.70. The van der Waals surface area contributed by atoms with E-state index in [1.165, 1.54) is 12.8 Å². The number of nitrogens with two attached hydrogens (primary N) is 1. The van der Waals surface area contributed by atoms with Gasteiger partial charge in [-0.15, -0.1) is 0 Å². The van der Waals surface area contributed by atoms with Gasteiger partial charge in [0.25, 0.3) is 0 Å². The van der Waals surface area contributed by atoms with Gasteiger partial charge in [0.2, 0.25) is 5.95 Å². The Kier molecular flexibility index (Phi) is 3.49. The molecule has 1 fully saturated rings. The zero-order valence-electron chi connectivity index (χ0n) is 10.3. The lowest BCUT2D eigenvalue weighted by atomic mass is 9.99. The van der Waals surface area contributed by atoms with Crippen molar-refractivity contribution in [2.45, 2.75) is 33.2 Å². The van der Waals surface area contributed by atoms with Crippen LogP contribution in [-0.4, -0.2) is 29.2 Å². The number of piperidine rings is 1. The quantitative estimate of drug-likeness (QED) is 0.840. The molecule has 0 amide bonds. The van der Waals surface area contributed by atoms with Crippen molar-refractivity contribution < 1.29 is 0 Å². The molecule has 0 aromatic carbocycles. The van der Waals surface area contributed by atoms with Crippen LogP contribution >= 0.6 is 0 Å². The molecule has 16 heavy (non-hydrogen) atoms. The van der Waals surface area contributed by atoms with Gasteiger partial charge in [-0.1, -0.05) is 0 Å². The molecule has 2 heterocycles. The minimum Gasteiger partial charge on any atom is -0.342 e. The maximum Gasteiger partial charge on any atom is 0.205 e. The van der Waals surface area contributed by atoms with Gasteiger partial charge in [0.1, 0.15) is 0 Å². The normalized spacial score (nSPS) is 21.4. The van der Waals surface area contributed by atoms with E-state index in [4.69, 9.17) is 5.73 Å². The van der Waals surface area contributed by atoms with Crippen molar-refractivity contribution in [3.05, 3.63) is 11.9 Å². The zero-order chi connectivity index (χ0) is 11.5. The lowest BCUT2D eigenvalue weighted by Gasteiger charge is -2.33.